The fraction of sp³-hybridized carbons (Fsp3) is 0. The number of hydrogen-bond donors (Lipinski definition) is 0. The van der Waals surface area contributed by atoms with Crippen LogP contribution in [-0.2, 0) is 41.4 Å². The standard InChI is InChI=1S/2Cr.9H2O.3O/h;;9*1H2;;;. The first-order valence-electron chi connectivity index (χ1n) is 0.667. The second-order valence-corrected chi connectivity index (χ2v) is 1.72. The molecule has 0 saturated heterocycles. The van der Waals surface area contributed by atoms with Gasteiger partial charge in [-0.15, -0.1) is 0 Å². The minimum atomic E-state index is -1.11. The zero-order chi connectivity index (χ0) is 4.12. The van der Waals surface area contributed by atoms with E-state index in [1.165, 1.54) is 0 Å². The molecule has 14 heavy (non-hydrogen) atoms. The van der Waals surface area contributed by atoms with Crippen molar-refractivity contribution in [2.24, 2.45) is 0 Å². The zero-order valence-electron chi connectivity index (χ0n) is 6.54. The first kappa shape index (κ1) is 138. The van der Waals surface area contributed by atoms with Gasteiger partial charge in [-0.3, -0.25) is 0 Å². The van der Waals surface area contributed by atoms with E-state index in [0.717, 1.165) is 0 Å². The predicted octanol–water partition coefficient (Wildman–Crippen LogP) is -7.73. The van der Waals surface area contributed by atoms with Crippen LogP contribution in [0.15, 0.2) is 0 Å². The maximum atomic E-state index is 9.19. The van der Waals surface area contributed by atoms with Gasteiger partial charge in [-0.25, -0.2) is 0 Å². The summed E-state index contributed by atoms with van der Waals surface area (Å²) in [6.45, 7) is 0. The second kappa shape index (κ2) is 187. The molecule has 0 saturated carbocycles. The molecule has 0 aliphatic heterocycles. The molecule has 102 valence electrons. The summed E-state index contributed by atoms with van der Waals surface area (Å²) in [4.78, 5) is 0. The predicted molar refractivity (Wildman–Crippen MR) is 35.0 cm³/mol. The average molecular weight is 314 g/mol. The minimum absolute atomic E-state index is 0. The first-order valence-corrected chi connectivity index (χ1v) is 2.75. The van der Waals surface area contributed by atoms with E-state index in [9.17, 15) is 7.61 Å². The van der Waals surface area contributed by atoms with Crippen molar-refractivity contribution in [1.82, 2.24) is 0 Å². The van der Waals surface area contributed by atoms with Crippen LogP contribution in [0.5, 0.6) is 0 Å². The van der Waals surface area contributed by atoms with E-state index in [1.54, 1.807) is 0 Å². The third kappa shape index (κ3) is 303. The van der Waals surface area contributed by atoms with Gasteiger partial charge in [0.2, 0.25) is 0 Å². The van der Waals surface area contributed by atoms with E-state index in [-0.39, 0.29) is 49.3 Å². The van der Waals surface area contributed by atoms with Crippen molar-refractivity contribution in [3.05, 3.63) is 0 Å². The molecule has 0 unspecified atom stereocenters. The van der Waals surface area contributed by atoms with E-state index >= 15 is 0 Å². The molecule has 14 heteroatoms. The summed E-state index contributed by atoms with van der Waals surface area (Å²) >= 11 is -2.22. The van der Waals surface area contributed by atoms with Crippen LogP contribution in [0.4, 0.5) is 0 Å². The Morgan fingerprint density at radius 1 is 0.500 bits per heavy atom. The quantitative estimate of drug-likeness (QED) is 0.479. The third-order valence-electron chi connectivity index (χ3n) is 0.0556. The molecule has 0 amide bonds. The van der Waals surface area contributed by atoms with Crippen molar-refractivity contribution >= 4 is 0 Å². The van der Waals surface area contributed by atoms with Crippen LogP contribution in [-0.4, -0.2) is 49.3 Å². The van der Waals surface area contributed by atoms with Gasteiger partial charge in [0.05, 0.1) is 0 Å². The van der Waals surface area contributed by atoms with E-state index in [4.69, 9.17) is 0 Å². The Balaban J connectivity index is -0.00000000222. The van der Waals surface area contributed by atoms with Crippen molar-refractivity contribution < 1.29 is 90.7 Å². The SMILES string of the molecule is O.O.O.O.O.O.O.O.O.[O]=[Cr][O][Cr]=[O]. The van der Waals surface area contributed by atoms with E-state index in [2.05, 4.69) is 2.84 Å². The number of hydrogen-bond acceptors (Lipinski definition) is 3. The fourth-order valence-corrected chi connectivity index (χ4v) is 0.193. The van der Waals surface area contributed by atoms with E-state index < -0.39 is 31.0 Å². The van der Waals surface area contributed by atoms with E-state index in [1.807, 2.05) is 0 Å². The molecule has 0 rings (SSSR count). The van der Waals surface area contributed by atoms with Gasteiger partial charge in [-0.2, -0.15) is 0 Å². The molecule has 0 spiro atoms. The third-order valence-corrected chi connectivity index (χ3v) is 0.944. The Bertz CT molecular complexity index is 37.6. The van der Waals surface area contributed by atoms with Gasteiger partial charge in [-0.1, -0.05) is 0 Å². The van der Waals surface area contributed by atoms with Gasteiger partial charge in [0.15, 0.2) is 0 Å². The molecule has 18 N–H and O–H groups in total. The summed E-state index contributed by atoms with van der Waals surface area (Å²) in [6.07, 6.45) is 0. The summed E-state index contributed by atoms with van der Waals surface area (Å²) in [5.41, 5.74) is 0. The van der Waals surface area contributed by atoms with E-state index in [0.29, 0.717) is 0 Å². The summed E-state index contributed by atoms with van der Waals surface area (Å²) in [5, 5.41) is 0. The van der Waals surface area contributed by atoms with Crippen LogP contribution in [0, 0.1) is 0 Å². The molecule has 0 fully saturated rings. The molecule has 0 aliphatic carbocycles. The average Bonchev–Trinajstić information content (AvgIpc) is 1.41. The first-order chi connectivity index (χ1) is 2.41. The van der Waals surface area contributed by atoms with Gasteiger partial charge in [0.25, 0.3) is 0 Å². The van der Waals surface area contributed by atoms with Crippen molar-refractivity contribution in [3.63, 3.8) is 0 Å². The molecule has 12 nitrogen and oxygen atoms in total. The molecule has 0 bridgehead atoms. The summed E-state index contributed by atoms with van der Waals surface area (Å²) in [7, 11) is 0. The summed E-state index contributed by atoms with van der Waals surface area (Å²) in [6, 6.07) is 0. The molecular weight excluding hydrogens is 296 g/mol. The van der Waals surface area contributed by atoms with Gasteiger partial charge in [0.1, 0.15) is 0 Å². The summed E-state index contributed by atoms with van der Waals surface area (Å²) in [5.74, 6) is 0. The van der Waals surface area contributed by atoms with Crippen LogP contribution in [0.1, 0.15) is 0 Å². The van der Waals surface area contributed by atoms with Crippen LogP contribution < -0.4 is 0 Å². The van der Waals surface area contributed by atoms with Crippen LogP contribution in [0.25, 0.3) is 0 Å². The van der Waals surface area contributed by atoms with Crippen molar-refractivity contribution in [3.8, 4) is 0 Å². The van der Waals surface area contributed by atoms with Crippen LogP contribution in [0.2, 0.25) is 0 Å². The Kier molecular flexibility index (Phi) is 1850. The Morgan fingerprint density at radius 2 is 0.643 bits per heavy atom. The van der Waals surface area contributed by atoms with Crippen LogP contribution >= 0.6 is 0 Å². The Labute approximate surface area is 91.2 Å². The fourth-order valence-electron chi connectivity index (χ4n) is 0.0113. The Hall–Kier alpha value is 0.265. The molecule has 0 heterocycles. The maximum absolute atomic E-state index is 9.19. The molecule has 0 radical (unpaired) electrons. The van der Waals surface area contributed by atoms with Gasteiger partial charge in [0, 0.05) is 0 Å². The zero-order valence-corrected chi connectivity index (χ0v) is 9.09. The molecule has 0 aromatic heterocycles. The number of rotatable bonds is 2. The van der Waals surface area contributed by atoms with Crippen molar-refractivity contribution in [2.75, 3.05) is 0 Å². The topological polar surface area (TPSA) is 327 Å². The molecule has 0 aromatic carbocycles. The monoisotopic (exact) mass is 314 g/mol. The molecular formula is H18Cr2O12. The Morgan fingerprint density at radius 3 is 0.643 bits per heavy atom. The van der Waals surface area contributed by atoms with Gasteiger partial charge >= 0.3 is 41.4 Å². The molecule has 0 aromatic rings. The second-order valence-electron chi connectivity index (χ2n) is 0.204. The van der Waals surface area contributed by atoms with Crippen molar-refractivity contribution in [2.45, 2.75) is 0 Å². The van der Waals surface area contributed by atoms with Gasteiger partial charge < -0.3 is 49.3 Å². The molecule has 0 aliphatic rings. The molecule has 0 atom stereocenters. The summed E-state index contributed by atoms with van der Waals surface area (Å²) < 4.78 is 22.2. The van der Waals surface area contributed by atoms with Gasteiger partial charge in [-0.05, 0) is 0 Å². The normalized spacial score (nSPS) is 2.29. The van der Waals surface area contributed by atoms with Crippen LogP contribution in [0.3, 0.4) is 0 Å². The van der Waals surface area contributed by atoms with Crippen molar-refractivity contribution in [1.29, 1.82) is 0 Å².